The molecule has 0 aromatic rings. The molecule has 0 atom stereocenters. The van der Waals surface area contributed by atoms with Crippen LogP contribution in [0.3, 0.4) is 0 Å². The van der Waals surface area contributed by atoms with Gasteiger partial charge >= 0.3 is 47.7 Å². The number of carbonyl (C=O) groups is 2. The standard InChI is InChI=1S/C29H43F13O4/c1-4-5-6-7-8-9-10-11-12-13-14-15-16-17-18-23(21(43)45-2,22(44)46-3)19-20-24(30,31)25(32,33)26(34,35)27(36,37)28(38,39)29(40,41)42/h4-20H2,1-3H3. The van der Waals surface area contributed by atoms with Crippen molar-refractivity contribution in [1.29, 1.82) is 0 Å². The molecule has 0 rings (SSSR count). The first-order chi connectivity index (χ1) is 21.0. The lowest BCUT2D eigenvalue weighted by molar-refractivity contribution is -0.440. The molecule has 0 aliphatic carbocycles. The van der Waals surface area contributed by atoms with Gasteiger partial charge in [-0.15, -0.1) is 0 Å². The minimum absolute atomic E-state index is 0.101. The number of halogens is 13. The van der Waals surface area contributed by atoms with E-state index < -0.39 is 72.4 Å². The Labute approximate surface area is 260 Å². The van der Waals surface area contributed by atoms with Gasteiger partial charge in [-0.1, -0.05) is 96.8 Å². The van der Waals surface area contributed by atoms with Crippen molar-refractivity contribution in [3.05, 3.63) is 0 Å². The van der Waals surface area contributed by atoms with Gasteiger partial charge in [0.1, 0.15) is 0 Å². The second-order valence-electron chi connectivity index (χ2n) is 11.4. The summed E-state index contributed by atoms with van der Waals surface area (Å²) in [5, 5.41) is 0. The SMILES string of the molecule is CCCCCCCCCCCCCCCCC(CCC(F)(F)C(F)(F)C(F)(F)C(F)(F)C(F)(F)C(F)(F)F)(C(=O)OC)C(=O)OC. The maximum atomic E-state index is 14.5. The van der Waals surface area contributed by atoms with Crippen molar-refractivity contribution < 1.29 is 76.1 Å². The van der Waals surface area contributed by atoms with Crippen molar-refractivity contribution in [2.45, 2.75) is 152 Å². The summed E-state index contributed by atoms with van der Waals surface area (Å²) in [6.07, 6.45) is -0.400. The Morgan fingerprint density at radius 2 is 0.761 bits per heavy atom. The fourth-order valence-corrected chi connectivity index (χ4v) is 4.96. The fourth-order valence-electron chi connectivity index (χ4n) is 4.96. The Morgan fingerprint density at radius 1 is 0.435 bits per heavy atom. The molecule has 0 radical (unpaired) electrons. The van der Waals surface area contributed by atoms with E-state index in [-0.39, 0.29) is 12.8 Å². The van der Waals surface area contributed by atoms with Crippen molar-refractivity contribution in [3.63, 3.8) is 0 Å². The van der Waals surface area contributed by atoms with Crippen LogP contribution in [0.2, 0.25) is 0 Å². The molecule has 0 unspecified atom stereocenters. The first-order valence-corrected chi connectivity index (χ1v) is 15.1. The van der Waals surface area contributed by atoms with Crippen LogP contribution in [0.1, 0.15) is 116 Å². The molecule has 0 aliphatic rings. The highest BCUT2D eigenvalue weighted by atomic mass is 19.4. The van der Waals surface area contributed by atoms with Crippen molar-refractivity contribution >= 4 is 11.9 Å². The monoisotopic (exact) mass is 702 g/mol. The first-order valence-electron chi connectivity index (χ1n) is 15.1. The number of hydrogen-bond acceptors (Lipinski definition) is 4. The summed E-state index contributed by atoms with van der Waals surface area (Å²) in [5.74, 6) is -41.1. The van der Waals surface area contributed by atoms with E-state index in [1.165, 1.54) is 19.3 Å². The van der Waals surface area contributed by atoms with Crippen LogP contribution in [-0.4, -0.2) is 61.9 Å². The summed E-state index contributed by atoms with van der Waals surface area (Å²) < 4.78 is 184. The predicted octanol–water partition coefficient (Wildman–Crippen LogP) is 10.7. The van der Waals surface area contributed by atoms with Crippen LogP contribution in [0.4, 0.5) is 57.1 Å². The molecule has 0 N–H and O–H groups in total. The summed E-state index contributed by atoms with van der Waals surface area (Å²) in [5.41, 5.74) is -2.84. The molecule has 274 valence electrons. The maximum Gasteiger partial charge on any atom is 0.460 e. The molecule has 0 saturated heterocycles. The lowest BCUT2D eigenvalue weighted by Gasteiger charge is -2.40. The molecule has 0 spiro atoms. The van der Waals surface area contributed by atoms with Gasteiger partial charge in [0.15, 0.2) is 5.41 Å². The number of alkyl halides is 13. The van der Waals surface area contributed by atoms with Crippen molar-refractivity contribution in [1.82, 2.24) is 0 Å². The number of unbranched alkanes of at least 4 members (excludes halogenated alkanes) is 13. The number of carbonyl (C=O) groups excluding carboxylic acids is 2. The largest absolute Gasteiger partial charge is 0.468 e. The highest BCUT2D eigenvalue weighted by molar-refractivity contribution is 6.00. The van der Waals surface area contributed by atoms with E-state index in [0.29, 0.717) is 27.1 Å². The first kappa shape index (κ1) is 44.0. The molecular weight excluding hydrogens is 659 g/mol. The smallest absolute Gasteiger partial charge is 0.460 e. The zero-order valence-electron chi connectivity index (χ0n) is 26.1. The molecule has 0 aliphatic heterocycles. The van der Waals surface area contributed by atoms with Crippen LogP contribution < -0.4 is 0 Å². The highest BCUT2D eigenvalue weighted by Crippen LogP contribution is 2.61. The van der Waals surface area contributed by atoms with Crippen molar-refractivity contribution in [3.8, 4) is 0 Å². The third-order valence-corrected chi connectivity index (χ3v) is 7.97. The minimum Gasteiger partial charge on any atom is -0.468 e. The number of esters is 2. The van der Waals surface area contributed by atoms with Gasteiger partial charge in [0.05, 0.1) is 14.2 Å². The Bertz CT molecular complexity index is 905. The van der Waals surface area contributed by atoms with Gasteiger partial charge < -0.3 is 9.47 Å². The second-order valence-corrected chi connectivity index (χ2v) is 11.4. The lowest BCUT2D eigenvalue weighted by Crippen LogP contribution is -2.70. The molecule has 17 heteroatoms. The summed E-state index contributed by atoms with van der Waals surface area (Å²) in [7, 11) is 1.32. The van der Waals surface area contributed by atoms with Crippen LogP contribution in [0.15, 0.2) is 0 Å². The van der Waals surface area contributed by atoms with Gasteiger partial charge in [0, 0.05) is 6.42 Å². The number of rotatable bonds is 24. The van der Waals surface area contributed by atoms with E-state index in [1.807, 2.05) is 0 Å². The third-order valence-electron chi connectivity index (χ3n) is 7.97. The van der Waals surface area contributed by atoms with Gasteiger partial charge in [-0.25, -0.2) is 0 Å². The lowest BCUT2D eigenvalue weighted by atomic mass is 9.76. The quantitative estimate of drug-likeness (QED) is 0.0435. The van der Waals surface area contributed by atoms with Gasteiger partial charge in [-0.2, -0.15) is 57.1 Å². The minimum atomic E-state index is -8.04. The predicted molar refractivity (Wildman–Crippen MR) is 141 cm³/mol. The molecule has 0 heterocycles. The molecule has 0 aromatic heterocycles. The molecule has 4 nitrogen and oxygen atoms in total. The Balaban J connectivity index is 5.52. The third kappa shape index (κ3) is 10.3. The van der Waals surface area contributed by atoms with Crippen LogP contribution in [-0.2, 0) is 19.1 Å². The topological polar surface area (TPSA) is 52.6 Å². The molecule has 46 heavy (non-hydrogen) atoms. The van der Waals surface area contributed by atoms with Gasteiger partial charge in [-0.05, 0) is 12.8 Å². The van der Waals surface area contributed by atoms with Crippen molar-refractivity contribution in [2.24, 2.45) is 5.41 Å². The fraction of sp³-hybridized carbons (Fsp3) is 0.931. The van der Waals surface area contributed by atoms with E-state index in [0.717, 1.165) is 44.9 Å². The van der Waals surface area contributed by atoms with Crippen LogP contribution in [0.25, 0.3) is 0 Å². The average Bonchev–Trinajstić information content (AvgIpc) is 2.97. The molecule has 0 bridgehead atoms. The number of methoxy groups -OCH3 is 2. The van der Waals surface area contributed by atoms with Gasteiger partial charge in [0.2, 0.25) is 0 Å². The average molecular weight is 703 g/mol. The van der Waals surface area contributed by atoms with E-state index in [2.05, 4.69) is 16.4 Å². The highest BCUT2D eigenvalue weighted by Gasteiger charge is 2.90. The summed E-state index contributed by atoms with van der Waals surface area (Å²) in [4.78, 5) is 25.0. The molecule has 0 aromatic carbocycles. The molecule has 0 saturated carbocycles. The second kappa shape index (κ2) is 18.0. The van der Waals surface area contributed by atoms with Gasteiger partial charge in [0.25, 0.3) is 0 Å². The van der Waals surface area contributed by atoms with Crippen LogP contribution in [0, 0.1) is 5.41 Å². The number of hydrogen-bond donors (Lipinski definition) is 0. The zero-order chi connectivity index (χ0) is 36.1. The summed E-state index contributed by atoms with van der Waals surface area (Å²) in [6.45, 7) is 2.13. The number of ether oxygens (including phenoxy) is 2. The summed E-state index contributed by atoms with van der Waals surface area (Å²) >= 11 is 0. The van der Waals surface area contributed by atoms with E-state index in [1.54, 1.807) is 0 Å². The molecular formula is C29H43F13O4. The van der Waals surface area contributed by atoms with E-state index >= 15 is 0 Å². The summed E-state index contributed by atoms with van der Waals surface area (Å²) in [6, 6.07) is 0. The van der Waals surface area contributed by atoms with E-state index in [9.17, 15) is 66.7 Å². The van der Waals surface area contributed by atoms with Gasteiger partial charge in [-0.3, -0.25) is 9.59 Å². The van der Waals surface area contributed by atoms with Crippen molar-refractivity contribution in [2.75, 3.05) is 14.2 Å². The van der Waals surface area contributed by atoms with Crippen LogP contribution >= 0.6 is 0 Å². The maximum absolute atomic E-state index is 14.5. The van der Waals surface area contributed by atoms with Crippen LogP contribution in [0.5, 0.6) is 0 Å². The zero-order valence-corrected chi connectivity index (χ0v) is 26.1. The Morgan fingerprint density at radius 3 is 1.09 bits per heavy atom. The molecule has 0 fully saturated rings. The van der Waals surface area contributed by atoms with E-state index in [4.69, 9.17) is 0 Å². The normalized spacial score (nSPS) is 14.0. The Hall–Kier alpha value is -1.97. The molecule has 0 amide bonds. The Kier molecular flexibility index (Phi) is 17.2.